The van der Waals surface area contributed by atoms with Crippen molar-refractivity contribution in [3.05, 3.63) is 65.5 Å². The van der Waals surface area contributed by atoms with Gasteiger partial charge in [0, 0.05) is 33.0 Å². The van der Waals surface area contributed by atoms with Crippen molar-refractivity contribution in [2.75, 3.05) is 20.2 Å². The van der Waals surface area contributed by atoms with Crippen LogP contribution in [0.1, 0.15) is 24.5 Å². The fraction of sp³-hybridized carbons (Fsp3) is 0.333. The lowest BCUT2D eigenvalue weighted by Gasteiger charge is -2.21. The molecule has 2 aromatic rings. The van der Waals surface area contributed by atoms with E-state index in [0.717, 1.165) is 11.3 Å². The highest BCUT2D eigenvalue weighted by Gasteiger charge is 2.12. The molecular weight excluding hydrogens is 347 g/mol. The first-order valence-electron chi connectivity index (χ1n) is 8.88. The third kappa shape index (κ3) is 6.73. The van der Waals surface area contributed by atoms with Gasteiger partial charge in [0.2, 0.25) is 11.8 Å². The van der Waals surface area contributed by atoms with E-state index in [0.29, 0.717) is 31.6 Å². The Hall–Kier alpha value is -2.89. The third-order valence-electron chi connectivity index (χ3n) is 4.26. The minimum Gasteiger partial charge on any atom is -0.497 e. The second-order valence-corrected chi connectivity index (χ2v) is 6.23. The van der Waals surface area contributed by atoms with E-state index in [1.807, 2.05) is 24.3 Å². The van der Waals surface area contributed by atoms with Crippen LogP contribution < -0.4 is 10.1 Å². The number of nitrogens with one attached hydrogen (secondary N) is 1. The Balaban J connectivity index is 1.78. The summed E-state index contributed by atoms with van der Waals surface area (Å²) in [5.41, 5.74) is 1.54. The van der Waals surface area contributed by atoms with E-state index < -0.39 is 0 Å². The fourth-order valence-electron chi connectivity index (χ4n) is 2.66. The summed E-state index contributed by atoms with van der Waals surface area (Å²) in [6.07, 6.45) is 0.633. The van der Waals surface area contributed by atoms with Gasteiger partial charge in [-0.25, -0.2) is 4.39 Å². The Bertz CT molecular complexity index is 762. The molecule has 144 valence electrons. The van der Waals surface area contributed by atoms with Crippen molar-refractivity contribution in [1.82, 2.24) is 10.2 Å². The maximum atomic E-state index is 13.5. The normalized spacial score (nSPS) is 10.3. The third-order valence-corrected chi connectivity index (χ3v) is 4.26. The van der Waals surface area contributed by atoms with E-state index in [-0.39, 0.29) is 24.1 Å². The van der Waals surface area contributed by atoms with Gasteiger partial charge in [-0.05, 0) is 35.7 Å². The number of carbonyl (C=O) groups is 2. The second kappa shape index (κ2) is 10.3. The lowest BCUT2D eigenvalue weighted by molar-refractivity contribution is -0.130. The quantitative estimate of drug-likeness (QED) is 0.736. The van der Waals surface area contributed by atoms with Gasteiger partial charge in [-0.2, -0.15) is 0 Å². The molecule has 0 heterocycles. The van der Waals surface area contributed by atoms with Gasteiger partial charge in [-0.1, -0.05) is 30.3 Å². The van der Waals surface area contributed by atoms with Crippen LogP contribution in [0.15, 0.2) is 48.5 Å². The zero-order valence-electron chi connectivity index (χ0n) is 15.7. The van der Waals surface area contributed by atoms with Crippen LogP contribution in [0.2, 0.25) is 0 Å². The van der Waals surface area contributed by atoms with E-state index in [1.165, 1.54) is 13.0 Å². The number of hydrogen-bond donors (Lipinski definition) is 1. The van der Waals surface area contributed by atoms with Crippen molar-refractivity contribution < 1.29 is 18.7 Å². The van der Waals surface area contributed by atoms with Crippen LogP contribution >= 0.6 is 0 Å². The van der Waals surface area contributed by atoms with Crippen molar-refractivity contribution in [3.63, 3.8) is 0 Å². The molecule has 0 bridgehead atoms. The fourth-order valence-corrected chi connectivity index (χ4v) is 2.66. The highest BCUT2D eigenvalue weighted by Crippen LogP contribution is 2.13. The van der Waals surface area contributed by atoms with Gasteiger partial charge in [-0.3, -0.25) is 9.59 Å². The number of hydrogen-bond acceptors (Lipinski definition) is 3. The first-order chi connectivity index (χ1) is 13.0. The molecule has 2 amide bonds. The monoisotopic (exact) mass is 372 g/mol. The van der Waals surface area contributed by atoms with E-state index in [4.69, 9.17) is 4.74 Å². The predicted octanol–water partition coefficient (Wildman–Crippen LogP) is 2.93. The molecule has 0 aliphatic carbocycles. The molecule has 0 aliphatic heterocycles. The number of benzene rings is 2. The van der Waals surface area contributed by atoms with Crippen molar-refractivity contribution in [3.8, 4) is 5.75 Å². The van der Waals surface area contributed by atoms with Crippen molar-refractivity contribution in [1.29, 1.82) is 0 Å². The molecule has 0 saturated carbocycles. The summed E-state index contributed by atoms with van der Waals surface area (Å²) in [5, 5.41) is 2.77. The molecule has 0 aliphatic rings. The molecule has 0 radical (unpaired) electrons. The Morgan fingerprint density at radius 2 is 1.81 bits per heavy atom. The van der Waals surface area contributed by atoms with Crippen LogP contribution in [-0.4, -0.2) is 36.9 Å². The summed E-state index contributed by atoms with van der Waals surface area (Å²) < 4.78 is 18.7. The molecule has 6 heteroatoms. The average molecular weight is 372 g/mol. The highest BCUT2D eigenvalue weighted by molar-refractivity contribution is 5.78. The van der Waals surface area contributed by atoms with Crippen molar-refractivity contribution in [2.45, 2.75) is 26.3 Å². The first kappa shape index (κ1) is 20.4. The summed E-state index contributed by atoms with van der Waals surface area (Å²) in [4.78, 5) is 25.5. The van der Waals surface area contributed by atoms with E-state index in [2.05, 4.69) is 5.32 Å². The van der Waals surface area contributed by atoms with Crippen LogP contribution in [0.25, 0.3) is 0 Å². The predicted molar refractivity (Wildman–Crippen MR) is 102 cm³/mol. The molecule has 0 fully saturated rings. The minimum absolute atomic E-state index is 0.0926. The largest absolute Gasteiger partial charge is 0.497 e. The number of rotatable bonds is 9. The van der Waals surface area contributed by atoms with Crippen molar-refractivity contribution >= 4 is 11.8 Å². The summed E-state index contributed by atoms with van der Waals surface area (Å²) in [6, 6.07) is 14.0. The van der Waals surface area contributed by atoms with Gasteiger partial charge >= 0.3 is 0 Å². The molecular formula is C21H25FN2O3. The molecule has 0 spiro atoms. The molecule has 0 unspecified atom stereocenters. The van der Waals surface area contributed by atoms with Crippen LogP contribution in [-0.2, 0) is 22.6 Å². The summed E-state index contributed by atoms with van der Waals surface area (Å²) in [7, 11) is 1.60. The standard InChI is InChI=1S/C21H25FN2O3/c1-16(25)24(15-17-7-9-19(27-2)10-8-17)14-12-21(26)23-13-11-18-5-3-4-6-20(18)22/h3-10H,11-15H2,1-2H3,(H,23,26). The highest BCUT2D eigenvalue weighted by atomic mass is 19.1. The molecule has 1 N–H and O–H groups in total. The topological polar surface area (TPSA) is 58.6 Å². The van der Waals surface area contributed by atoms with Crippen LogP contribution in [0, 0.1) is 5.82 Å². The number of ether oxygens (including phenoxy) is 1. The Labute approximate surface area is 159 Å². The Morgan fingerprint density at radius 1 is 1.11 bits per heavy atom. The summed E-state index contributed by atoms with van der Waals surface area (Å²) in [6.45, 7) is 2.60. The van der Waals surface area contributed by atoms with Gasteiger partial charge in [0.05, 0.1) is 7.11 Å². The molecule has 27 heavy (non-hydrogen) atoms. The van der Waals surface area contributed by atoms with Crippen LogP contribution in [0.3, 0.4) is 0 Å². The van der Waals surface area contributed by atoms with E-state index in [1.54, 1.807) is 30.2 Å². The van der Waals surface area contributed by atoms with Gasteiger partial charge < -0.3 is 15.0 Å². The molecule has 2 rings (SSSR count). The van der Waals surface area contributed by atoms with Gasteiger partial charge in [0.25, 0.3) is 0 Å². The van der Waals surface area contributed by atoms with E-state index >= 15 is 0 Å². The zero-order valence-corrected chi connectivity index (χ0v) is 15.7. The van der Waals surface area contributed by atoms with Gasteiger partial charge in [-0.15, -0.1) is 0 Å². The molecule has 0 atom stereocenters. The summed E-state index contributed by atoms with van der Waals surface area (Å²) >= 11 is 0. The van der Waals surface area contributed by atoms with Gasteiger partial charge in [0.1, 0.15) is 11.6 Å². The minimum atomic E-state index is -0.269. The van der Waals surface area contributed by atoms with Crippen LogP contribution in [0.4, 0.5) is 4.39 Å². The zero-order chi connectivity index (χ0) is 19.6. The maximum absolute atomic E-state index is 13.5. The Kier molecular flexibility index (Phi) is 7.79. The second-order valence-electron chi connectivity index (χ2n) is 6.23. The number of halogens is 1. The number of carbonyl (C=O) groups excluding carboxylic acids is 2. The van der Waals surface area contributed by atoms with E-state index in [9.17, 15) is 14.0 Å². The number of amides is 2. The molecule has 5 nitrogen and oxygen atoms in total. The lowest BCUT2D eigenvalue weighted by atomic mass is 10.1. The lowest BCUT2D eigenvalue weighted by Crippen LogP contribution is -2.34. The first-order valence-corrected chi connectivity index (χ1v) is 8.88. The molecule has 0 aromatic heterocycles. The summed E-state index contributed by atoms with van der Waals surface area (Å²) in [5.74, 6) is 0.230. The van der Waals surface area contributed by atoms with Gasteiger partial charge in [0.15, 0.2) is 0 Å². The smallest absolute Gasteiger partial charge is 0.221 e. The molecule has 0 saturated heterocycles. The maximum Gasteiger partial charge on any atom is 0.221 e. The Morgan fingerprint density at radius 3 is 2.44 bits per heavy atom. The number of nitrogens with zero attached hydrogens (tertiary/aromatic N) is 1. The molecule has 2 aromatic carbocycles. The number of methoxy groups -OCH3 is 1. The average Bonchev–Trinajstić information content (AvgIpc) is 2.67. The van der Waals surface area contributed by atoms with Crippen LogP contribution in [0.5, 0.6) is 5.75 Å². The van der Waals surface area contributed by atoms with Crippen molar-refractivity contribution in [2.24, 2.45) is 0 Å². The SMILES string of the molecule is COc1ccc(CN(CCC(=O)NCCc2ccccc2F)C(C)=O)cc1.